The van der Waals surface area contributed by atoms with Gasteiger partial charge in [0, 0.05) is 35.8 Å². The lowest BCUT2D eigenvalue weighted by atomic mass is 10.1. The van der Waals surface area contributed by atoms with Crippen molar-refractivity contribution in [3.8, 4) is 0 Å². The van der Waals surface area contributed by atoms with Crippen molar-refractivity contribution in [3.05, 3.63) is 35.0 Å². The molecule has 2 aromatic rings. The van der Waals surface area contributed by atoms with Gasteiger partial charge in [-0.1, -0.05) is 13.8 Å². The van der Waals surface area contributed by atoms with Gasteiger partial charge >= 0.3 is 0 Å². The van der Waals surface area contributed by atoms with E-state index in [-0.39, 0.29) is 5.91 Å². The van der Waals surface area contributed by atoms with Crippen LogP contribution in [0.25, 0.3) is 10.9 Å². The fourth-order valence-electron chi connectivity index (χ4n) is 2.30. The molecule has 102 valence electrons. The molecule has 0 atom stereocenters. The number of carbonyl (C=O) groups excluding carboxylic acids is 1. The van der Waals surface area contributed by atoms with Gasteiger partial charge in [-0.2, -0.15) is 0 Å². The molecule has 0 fully saturated rings. The maximum Gasteiger partial charge on any atom is 0.251 e. The standard InChI is InChI=1S/C16H22N2O/c1-10(2)9-17-16(19)13-6-7-15-14(8-13)11(3)12(4)18(15)5/h6-8,10H,9H2,1-5H3,(H,17,19). The highest BCUT2D eigenvalue weighted by Crippen LogP contribution is 2.25. The monoisotopic (exact) mass is 258 g/mol. The Bertz CT molecular complexity index is 623. The molecule has 1 amide bonds. The summed E-state index contributed by atoms with van der Waals surface area (Å²) in [7, 11) is 2.06. The minimum Gasteiger partial charge on any atom is -0.352 e. The van der Waals surface area contributed by atoms with E-state index in [9.17, 15) is 4.79 Å². The summed E-state index contributed by atoms with van der Waals surface area (Å²) in [4.78, 5) is 12.1. The lowest BCUT2D eigenvalue weighted by Gasteiger charge is -2.08. The molecule has 0 spiro atoms. The Morgan fingerprint density at radius 3 is 2.63 bits per heavy atom. The highest BCUT2D eigenvalue weighted by molar-refractivity contribution is 5.99. The molecule has 0 aliphatic heterocycles. The van der Waals surface area contributed by atoms with E-state index < -0.39 is 0 Å². The Morgan fingerprint density at radius 1 is 1.32 bits per heavy atom. The van der Waals surface area contributed by atoms with E-state index in [1.807, 2.05) is 18.2 Å². The van der Waals surface area contributed by atoms with Crippen molar-refractivity contribution in [2.24, 2.45) is 13.0 Å². The molecule has 1 heterocycles. The van der Waals surface area contributed by atoms with Crippen molar-refractivity contribution >= 4 is 16.8 Å². The number of aryl methyl sites for hydroxylation is 2. The number of fused-ring (bicyclic) bond motifs is 1. The number of hydrogen-bond donors (Lipinski definition) is 1. The molecule has 1 aromatic carbocycles. The number of aromatic nitrogens is 1. The molecular weight excluding hydrogens is 236 g/mol. The normalized spacial score (nSPS) is 11.3. The van der Waals surface area contributed by atoms with Crippen LogP contribution in [-0.2, 0) is 7.05 Å². The number of hydrogen-bond acceptors (Lipinski definition) is 1. The second kappa shape index (κ2) is 5.08. The smallest absolute Gasteiger partial charge is 0.251 e. The number of amides is 1. The molecule has 0 bridgehead atoms. The molecule has 3 heteroatoms. The van der Waals surface area contributed by atoms with E-state index in [0.29, 0.717) is 12.5 Å². The van der Waals surface area contributed by atoms with E-state index in [1.165, 1.54) is 16.8 Å². The van der Waals surface area contributed by atoms with E-state index in [2.05, 4.69) is 44.6 Å². The number of benzene rings is 1. The van der Waals surface area contributed by atoms with Gasteiger partial charge in [0.2, 0.25) is 0 Å². The van der Waals surface area contributed by atoms with Crippen LogP contribution in [0, 0.1) is 19.8 Å². The van der Waals surface area contributed by atoms with E-state index in [4.69, 9.17) is 0 Å². The maximum atomic E-state index is 12.1. The summed E-state index contributed by atoms with van der Waals surface area (Å²) in [5, 5.41) is 4.12. The zero-order valence-electron chi connectivity index (χ0n) is 12.4. The number of carbonyl (C=O) groups is 1. The van der Waals surface area contributed by atoms with E-state index in [0.717, 1.165) is 10.9 Å². The second-order valence-electron chi connectivity index (χ2n) is 5.61. The van der Waals surface area contributed by atoms with Crippen molar-refractivity contribution in [1.29, 1.82) is 0 Å². The Balaban J connectivity index is 2.36. The molecule has 0 saturated heterocycles. The highest BCUT2D eigenvalue weighted by atomic mass is 16.1. The summed E-state index contributed by atoms with van der Waals surface area (Å²) in [5.74, 6) is 0.477. The summed E-state index contributed by atoms with van der Waals surface area (Å²) in [5.41, 5.74) is 4.41. The van der Waals surface area contributed by atoms with Gasteiger partial charge in [-0.15, -0.1) is 0 Å². The van der Waals surface area contributed by atoms with Crippen LogP contribution in [0.15, 0.2) is 18.2 Å². The van der Waals surface area contributed by atoms with Crippen LogP contribution < -0.4 is 5.32 Å². The van der Waals surface area contributed by atoms with Gasteiger partial charge in [-0.3, -0.25) is 4.79 Å². The largest absolute Gasteiger partial charge is 0.352 e. The summed E-state index contributed by atoms with van der Waals surface area (Å²) < 4.78 is 2.17. The van der Waals surface area contributed by atoms with Gasteiger partial charge in [-0.05, 0) is 43.5 Å². The lowest BCUT2D eigenvalue weighted by molar-refractivity contribution is 0.0949. The predicted octanol–water partition coefficient (Wildman–Crippen LogP) is 3.18. The second-order valence-corrected chi connectivity index (χ2v) is 5.61. The Kier molecular flexibility index (Phi) is 3.65. The van der Waals surface area contributed by atoms with Gasteiger partial charge in [0.1, 0.15) is 0 Å². The van der Waals surface area contributed by atoms with Crippen molar-refractivity contribution in [2.75, 3.05) is 6.54 Å². The van der Waals surface area contributed by atoms with Crippen LogP contribution in [0.2, 0.25) is 0 Å². The van der Waals surface area contributed by atoms with Gasteiger partial charge in [0.15, 0.2) is 0 Å². The minimum atomic E-state index is 0.0107. The fraction of sp³-hybridized carbons (Fsp3) is 0.438. The number of nitrogens with one attached hydrogen (secondary N) is 1. The predicted molar refractivity (Wildman–Crippen MR) is 79.6 cm³/mol. The zero-order valence-corrected chi connectivity index (χ0v) is 12.4. The van der Waals surface area contributed by atoms with Crippen LogP contribution >= 0.6 is 0 Å². The molecule has 1 N–H and O–H groups in total. The van der Waals surface area contributed by atoms with Gasteiger partial charge < -0.3 is 9.88 Å². The summed E-state index contributed by atoms with van der Waals surface area (Å²) in [6.45, 7) is 9.10. The topological polar surface area (TPSA) is 34.0 Å². The Hall–Kier alpha value is -1.77. The summed E-state index contributed by atoms with van der Waals surface area (Å²) in [6.07, 6.45) is 0. The van der Waals surface area contributed by atoms with Crippen molar-refractivity contribution in [3.63, 3.8) is 0 Å². The molecule has 1 aromatic heterocycles. The van der Waals surface area contributed by atoms with Crippen molar-refractivity contribution < 1.29 is 4.79 Å². The molecule has 19 heavy (non-hydrogen) atoms. The lowest BCUT2D eigenvalue weighted by Crippen LogP contribution is -2.27. The average Bonchev–Trinajstić information content (AvgIpc) is 2.61. The Labute approximate surface area is 114 Å². The third-order valence-electron chi connectivity index (χ3n) is 3.74. The SMILES string of the molecule is Cc1c(C)n(C)c2ccc(C(=O)NCC(C)C)cc12. The average molecular weight is 258 g/mol. The quantitative estimate of drug-likeness (QED) is 0.901. The van der Waals surface area contributed by atoms with Crippen LogP contribution in [0.4, 0.5) is 0 Å². The minimum absolute atomic E-state index is 0.0107. The first kappa shape index (κ1) is 13.7. The maximum absolute atomic E-state index is 12.1. The van der Waals surface area contributed by atoms with Gasteiger partial charge in [0.05, 0.1) is 0 Å². The zero-order chi connectivity index (χ0) is 14.2. The Morgan fingerprint density at radius 2 is 2.00 bits per heavy atom. The van der Waals surface area contributed by atoms with Crippen LogP contribution in [-0.4, -0.2) is 17.0 Å². The molecular formula is C16H22N2O. The fourth-order valence-corrected chi connectivity index (χ4v) is 2.30. The third-order valence-corrected chi connectivity index (χ3v) is 3.74. The first-order valence-electron chi connectivity index (χ1n) is 6.75. The summed E-state index contributed by atoms with van der Waals surface area (Å²) in [6, 6.07) is 5.92. The van der Waals surface area contributed by atoms with Crippen molar-refractivity contribution in [2.45, 2.75) is 27.7 Å². The first-order valence-corrected chi connectivity index (χ1v) is 6.75. The van der Waals surface area contributed by atoms with Crippen LogP contribution in [0.1, 0.15) is 35.5 Å². The third kappa shape index (κ3) is 2.50. The highest BCUT2D eigenvalue weighted by Gasteiger charge is 2.12. The molecule has 0 aliphatic rings. The van der Waals surface area contributed by atoms with Crippen LogP contribution in [0.3, 0.4) is 0 Å². The molecule has 0 radical (unpaired) electrons. The molecule has 0 saturated carbocycles. The number of nitrogens with zero attached hydrogens (tertiary/aromatic N) is 1. The van der Waals surface area contributed by atoms with E-state index >= 15 is 0 Å². The summed E-state index contributed by atoms with van der Waals surface area (Å²) >= 11 is 0. The molecule has 3 nitrogen and oxygen atoms in total. The van der Waals surface area contributed by atoms with E-state index in [1.54, 1.807) is 0 Å². The molecule has 0 aliphatic carbocycles. The molecule has 2 rings (SSSR count). The first-order chi connectivity index (χ1) is 8.91. The van der Waals surface area contributed by atoms with Gasteiger partial charge in [-0.25, -0.2) is 0 Å². The molecule has 0 unspecified atom stereocenters. The van der Waals surface area contributed by atoms with Gasteiger partial charge in [0.25, 0.3) is 5.91 Å². The number of rotatable bonds is 3. The van der Waals surface area contributed by atoms with Crippen LogP contribution in [0.5, 0.6) is 0 Å². The van der Waals surface area contributed by atoms with Crippen molar-refractivity contribution in [1.82, 2.24) is 9.88 Å².